The van der Waals surface area contributed by atoms with Gasteiger partial charge in [0.2, 0.25) is 0 Å². The predicted octanol–water partition coefficient (Wildman–Crippen LogP) is 8.09. The molecule has 0 bridgehead atoms. The van der Waals surface area contributed by atoms with Crippen LogP contribution in [0.4, 0.5) is 0 Å². The summed E-state index contributed by atoms with van der Waals surface area (Å²) >= 11 is 0. The highest BCUT2D eigenvalue weighted by molar-refractivity contribution is 5.73. The first-order chi connectivity index (χ1) is 20.2. The molecule has 7 heteroatoms. The van der Waals surface area contributed by atoms with E-state index in [1.54, 1.807) is 12.1 Å². The van der Waals surface area contributed by atoms with Crippen LogP contribution in [0.3, 0.4) is 0 Å². The molecular weight excluding hydrogens is 526 g/mol. The number of rotatable bonds is 13. The molecule has 0 aliphatic heterocycles. The Morgan fingerprint density at radius 2 is 1.21 bits per heavy atom. The van der Waals surface area contributed by atoms with Crippen molar-refractivity contribution >= 4 is 5.97 Å². The van der Waals surface area contributed by atoms with Crippen LogP contribution in [0.25, 0.3) is 34.2 Å². The summed E-state index contributed by atoms with van der Waals surface area (Å²) < 4.78 is 10.9. The van der Waals surface area contributed by atoms with Gasteiger partial charge in [0.1, 0.15) is 11.5 Å². The molecule has 1 heterocycles. The number of phenols is 1. The van der Waals surface area contributed by atoms with E-state index < -0.39 is 5.97 Å². The van der Waals surface area contributed by atoms with Crippen molar-refractivity contribution in [2.75, 3.05) is 13.2 Å². The summed E-state index contributed by atoms with van der Waals surface area (Å²) in [7, 11) is 0. The highest BCUT2D eigenvalue weighted by Crippen LogP contribution is 2.34. The number of unbranched alkanes of at least 4 members (excludes halogenated alkanes) is 5. The van der Waals surface area contributed by atoms with E-state index in [2.05, 4.69) is 19.1 Å². The van der Waals surface area contributed by atoms with Crippen molar-refractivity contribution in [3.05, 3.63) is 76.9 Å². The Bertz CT molecular complexity index is 1460. The molecule has 0 fully saturated rings. The average molecular weight is 568 g/mol. The number of aromatic hydroxyl groups is 1. The van der Waals surface area contributed by atoms with Crippen LogP contribution < -0.4 is 4.74 Å². The molecular formula is C35H41N3O4. The Morgan fingerprint density at radius 3 is 1.76 bits per heavy atom. The van der Waals surface area contributed by atoms with Gasteiger partial charge in [-0.25, -0.2) is 19.7 Å². The largest absolute Gasteiger partial charge is 0.507 e. The second-order valence-corrected chi connectivity index (χ2v) is 10.9. The summed E-state index contributed by atoms with van der Waals surface area (Å²) in [5.41, 5.74) is 6.64. The van der Waals surface area contributed by atoms with Crippen LogP contribution >= 0.6 is 0 Å². The van der Waals surface area contributed by atoms with Gasteiger partial charge in [0.15, 0.2) is 24.1 Å². The highest BCUT2D eigenvalue weighted by Gasteiger charge is 2.17. The second kappa shape index (κ2) is 14.6. The minimum Gasteiger partial charge on any atom is -0.507 e. The lowest BCUT2D eigenvalue weighted by Gasteiger charge is -2.13. The molecule has 3 aromatic carbocycles. The summed E-state index contributed by atoms with van der Waals surface area (Å²) in [6.45, 7) is 10.5. The molecule has 0 aliphatic rings. The van der Waals surface area contributed by atoms with E-state index in [4.69, 9.17) is 24.4 Å². The monoisotopic (exact) mass is 567 g/mol. The fourth-order valence-electron chi connectivity index (χ4n) is 4.91. The summed E-state index contributed by atoms with van der Waals surface area (Å²) in [6, 6.07) is 17.1. The first-order valence-electron chi connectivity index (χ1n) is 14.8. The van der Waals surface area contributed by atoms with Gasteiger partial charge in [-0.3, -0.25) is 0 Å². The number of ether oxygens (including phenoxy) is 2. The average Bonchev–Trinajstić information content (AvgIpc) is 2.95. The third-order valence-corrected chi connectivity index (χ3v) is 7.21. The summed E-state index contributed by atoms with van der Waals surface area (Å²) in [5.74, 6) is 1.27. The van der Waals surface area contributed by atoms with Crippen LogP contribution in [0.2, 0.25) is 0 Å². The normalized spacial score (nSPS) is 11.0. The number of phenolic OH excluding ortho intramolecular Hbond substituents is 1. The summed E-state index contributed by atoms with van der Waals surface area (Å²) in [6.07, 6.45) is 6.74. The molecule has 1 aromatic heterocycles. The lowest BCUT2D eigenvalue weighted by Crippen LogP contribution is -2.15. The van der Waals surface area contributed by atoms with Crippen molar-refractivity contribution in [3.8, 4) is 45.7 Å². The molecule has 0 saturated carbocycles. The molecule has 1 N–H and O–H groups in total. The van der Waals surface area contributed by atoms with Gasteiger partial charge < -0.3 is 14.6 Å². The molecule has 0 radical (unpaired) electrons. The number of hydrogen-bond acceptors (Lipinski definition) is 7. The molecule has 220 valence electrons. The van der Waals surface area contributed by atoms with E-state index in [-0.39, 0.29) is 12.4 Å². The fourth-order valence-corrected chi connectivity index (χ4v) is 4.91. The highest BCUT2D eigenvalue weighted by atomic mass is 16.6. The van der Waals surface area contributed by atoms with Crippen LogP contribution in [0.1, 0.15) is 67.7 Å². The van der Waals surface area contributed by atoms with Crippen LogP contribution in [0.15, 0.2) is 54.6 Å². The zero-order valence-electron chi connectivity index (χ0n) is 25.4. The Kier molecular flexibility index (Phi) is 10.7. The van der Waals surface area contributed by atoms with Gasteiger partial charge in [0, 0.05) is 17.2 Å². The first-order valence-corrected chi connectivity index (χ1v) is 14.8. The SMILES string of the molecule is CCCCCCCCOC(=O)COc1ccc(-c2nc(-c3ccc(C)cc3C)nc(-c3ccc(C)cc3C)n2)c(O)c1. The number of carbonyl (C=O) groups excluding carboxylic acids is 1. The maximum absolute atomic E-state index is 12.1. The van der Waals surface area contributed by atoms with Crippen molar-refractivity contribution in [1.82, 2.24) is 15.0 Å². The van der Waals surface area contributed by atoms with Gasteiger partial charge in [-0.1, -0.05) is 86.6 Å². The maximum atomic E-state index is 12.1. The smallest absolute Gasteiger partial charge is 0.344 e. The van der Waals surface area contributed by atoms with Crippen LogP contribution in [-0.2, 0) is 9.53 Å². The van der Waals surface area contributed by atoms with E-state index in [0.717, 1.165) is 52.6 Å². The molecule has 7 nitrogen and oxygen atoms in total. The number of nitrogens with zero attached hydrogens (tertiary/aromatic N) is 3. The number of esters is 1. The summed E-state index contributed by atoms with van der Waals surface area (Å²) in [4.78, 5) is 26.5. The number of carbonyl (C=O) groups is 1. The predicted molar refractivity (Wildman–Crippen MR) is 167 cm³/mol. The van der Waals surface area contributed by atoms with Gasteiger partial charge in [-0.2, -0.15) is 0 Å². The Hall–Kier alpha value is -4.26. The van der Waals surface area contributed by atoms with E-state index in [9.17, 15) is 9.90 Å². The van der Waals surface area contributed by atoms with E-state index in [1.807, 2.05) is 52.0 Å². The van der Waals surface area contributed by atoms with Crippen molar-refractivity contribution in [3.63, 3.8) is 0 Å². The Morgan fingerprint density at radius 1 is 0.690 bits per heavy atom. The number of aromatic nitrogens is 3. The maximum Gasteiger partial charge on any atom is 0.344 e. The quantitative estimate of drug-likeness (QED) is 0.129. The molecule has 0 aliphatic carbocycles. The first kappa shape index (κ1) is 30.7. The van der Waals surface area contributed by atoms with Crippen molar-refractivity contribution in [2.45, 2.75) is 73.1 Å². The van der Waals surface area contributed by atoms with Gasteiger partial charge in [-0.05, 0) is 57.4 Å². The van der Waals surface area contributed by atoms with Gasteiger partial charge in [-0.15, -0.1) is 0 Å². The molecule has 4 rings (SSSR count). The third-order valence-electron chi connectivity index (χ3n) is 7.21. The lowest BCUT2D eigenvalue weighted by molar-refractivity contribution is -0.146. The number of aryl methyl sites for hydroxylation is 4. The fraction of sp³-hybridized carbons (Fsp3) is 0.371. The van der Waals surface area contributed by atoms with Crippen LogP contribution in [-0.4, -0.2) is 39.2 Å². The molecule has 0 atom stereocenters. The van der Waals surface area contributed by atoms with Crippen molar-refractivity contribution in [2.24, 2.45) is 0 Å². The Balaban J connectivity index is 1.54. The van der Waals surface area contributed by atoms with Gasteiger partial charge in [0.25, 0.3) is 0 Å². The van der Waals surface area contributed by atoms with Crippen LogP contribution in [0.5, 0.6) is 11.5 Å². The van der Waals surface area contributed by atoms with Gasteiger partial charge in [0.05, 0.1) is 12.2 Å². The molecule has 0 saturated heterocycles. The van der Waals surface area contributed by atoms with E-state index in [0.29, 0.717) is 35.4 Å². The van der Waals surface area contributed by atoms with Crippen molar-refractivity contribution < 1.29 is 19.4 Å². The zero-order valence-corrected chi connectivity index (χ0v) is 25.4. The molecule has 0 unspecified atom stereocenters. The van der Waals surface area contributed by atoms with Gasteiger partial charge >= 0.3 is 5.97 Å². The summed E-state index contributed by atoms with van der Waals surface area (Å²) in [5, 5.41) is 11.0. The van der Waals surface area contributed by atoms with Crippen LogP contribution in [0, 0.1) is 27.7 Å². The lowest BCUT2D eigenvalue weighted by atomic mass is 10.0. The molecule has 0 spiro atoms. The molecule has 4 aromatic rings. The second-order valence-electron chi connectivity index (χ2n) is 10.9. The zero-order chi connectivity index (χ0) is 30.1. The third kappa shape index (κ3) is 8.15. The Labute approximate surface area is 249 Å². The van der Waals surface area contributed by atoms with E-state index in [1.165, 1.54) is 25.3 Å². The van der Waals surface area contributed by atoms with Crippen molar-refractivity contribution in [1.29, 1.82) is 0 Å². The standard InChI is InChI=1S/C35H41N3O4/c1-6-7-8-9-10-11-18-41-32(40)22-42-27-14-17-30(31(39)21-27)35-37-33(28-15-12-23(2)19-25(28)4)36-34(38-35)29-16-13-24(3)20-26(29)5/h12-17,19-21,39H,6-11,18,22H2,1-5H3. The number of benzene rings is 3. The van der Waals surface area contributed by atoms with E-state index >= 15 is 0 Å². The number of hydrogen-bond donors (Lipinski definition) is 1. The minimum absolute atomic E-state index is 0.0581. The minimum atomic E-state index is -0.430. The molecule has 42 heavy (non-hydrogen) atoms. The molecule has 0 amide bonds. The topological polar surface area (TPSA) is 94.4 Å².